The molecule has 0 aliphatic carbocycles. The zero-order chi connectivity index (χ0) is 22.5. The zero-order valence-electron chi connectivity index (χ0n) is 18.4. The van der Waals surface area contributed by atoms with Gasteiger partial charge in [-0.3, -0.25) is 0 Å². The molecule has 7 heteroatoms. The normalized spacial score (nSPS) is 12.2. The fourth-order valence-corrected chi connectivity index (χ4v) is 4.11. The molecule has 2 aromatic carbocycles. The van der Waals surface area contributed by atoms with Crippen molar-refractivity contribution in [2.24, 2.45) is 0 Å². The first-order valence-electron chi connectivity index (χ1n) is 11.0. The van der Waals surface area contributed by atoms with Crippen molar-refractivity contribution >= 4 is 17.6 Å². The van der Waals surface area contributed by atoms with Gasteiger partial charge in [0.1, 0.15) is 5.82 Å². The monoisotopic (exact) mass is 454 g/mol. The minimum Gasteiger partial charge on any atom is -0.461 e. The molecule has 0 radical (unpaired) electrons. The maximum Gasteiger partial charge on any atom is 0.356 e. The van der Waals surface area contributed by atoms with E-state index in [1.165, 1.54) is 5.56 Å². The fraction of sp³-hybridized carbons (Fsp3) is 0.360. The summed E-state index contributed by atoms with van der Waals surface area (Å²) >= 11 is 6.54. The third-order valence-electron chi connectivity index (χ3n) is 5.42. The van der Waals surface area contributed by atoms with E-state index >= 15 is 0 Å². The Kier molecular flexibility index (Phi) is 7.00. The van der Waals surface area contributed by atoms with Crippen LogP contribution in [0.5, 0.6) is 11.5 Å². The van der Waals surface area contributed by atoms with Crippen LogP contribution >= 0.6 is 11.6 Å². The number of carbonyl (C=O) groups excluding carboxylic acids is 1. The smallest absolute Gasteiger partial charge is 0.356 e. The Hall–Kier alpha value is -2.99. The first kappa shape index (κ1) is 22.2. The standard InChI is InChI=1S/C25H27ClN2O4/c1-3-8-23-27-20(12-11-17-9-6-5-7-10-17)24(25(29)30-4-2)28(23)15-18-13-21-22(14-19(18)26)32-16-31-21/h5-7,9-10,13-14H,3-4,8,11-12,15-16H2,1-2H3. The molecule has 0 bridgehead atoms. The Bertz CT molecular complexity index is 1100. The highest BCUT2D eigenvalue weighted by atomic mass is 35.5. The quantitative estimate of drug-likeness (QED) is 0.414. The summed E-state index contributed by atoms with van der Waals surface area (Å²) in [6.45, 7) is 4.79. The SMILES string of the molecule is CCCc1nc(CCc2ccccc2)c(C(=O)OCC)n1Cc1cc2c(cc1Cl)OCO2. The lowest BCUT2D eigenvalue weighted by atomic mass is 10.1. The Labute approximate surface area is 193 Å². The average molecular weight is 455 g/mol. The van der Waals surface area contributed by atoms with E-state index in [0.29, 0.717) is 41.8 Å². The maximum absolute atomic E-state index is 13.0. The fourth-order valence-electron chi connectivity index (χ4n) is 3.90. The molecule has 0 fully saturated rings. The van der Waals surface area contributed by atoms with Crippen molar-refractivity contribution in [3.8, 4) is 11.5 Å². The van der Waals surface area contributed by atoms with Gasteiger partial charge in [-0.2, -0.15) is 0 Å². The van der Waals surface area contributed by atoms with Gasteiger partial charge < -0.3 is 18.8 Å². The second-order valence-electron chi connectivity index (χ2n) is 7.66. The van der Waals surface area contributed by atoms with Crippen LogP contribution in [0.15, 0.2) is 42.5 Å². The number of hydrogen-bond acceptors (Lipinski definition) is 5. The molecule has 0 saturated carbocycles. The number of ether oxygens (including phenoxy) is 3. The first-order valence-corrected chi connectivity index (χ1v) is 11.4. The van der Waals surface area contributed by atoms with Gasteiger partial charge in [0.2, 0.25) is 6.79 Å². The molecule has 0 amide bonds. The number of halogens is 1. The Balaban J connectivity index is 1.72. The number of hydrogen-bond donors (Lipinski definition) is 0. The summed E-state index contributed by atoms with van der Waals surface area (Å²) in [5.74, 6) is 1.78. The van der Waals surface area contributed by atoms with Gasteiger partial charge in [-0.05, 0) is 43.4 Å². The van der Waals surface area contributed by atoms with Gasteiger partial charge in [-0.25, -0.2) is 9.78 Å². The highest BCUT2D eigenvalue weighted by molar-refractivity contribution is 6.31. The van der Waals surface area contributed by atoms with E-state index in [1.54, 1.807) is 6.07 Å². The van der Waals surface area contributed by atoms with E-state index in [4.69, 9.17) is 30.8 Å². The van der Waals surface area contributed by atoms with Crippen LogP contribution in [0.25, 0.3) is 0 Å². The highest BCUT2D eigenvalue weighted by Gasteiger charge is 2.25. The van der Waals surface area contributed by atoms with Gasteiger partial charge in [0.15, 0.2) is 17.2 Å². The molecule has 0 spiro atoms. The zero-order valence-corrected chi connectivity index (χ0v) is 19.2. The molecule has 6 nitrogen and oxygen atoms in total. The molecule has 1 aliphatic heterocycles. The summed E-state index contributed by atoms with van der Waals surface area (Å²) in [6, 6.07) is 13.8. The summed E-state index contributed by atoms with van der Waals surface area (Å²) in [5.41, 5.74) is 3.30. The summed E-state index contributed by atoms with van der Waals surface area (Å²) < 4.78 is 18.3. The molecule has 168 valence electrons. The molecule has 3 aromatic rings. The molecule has 1 aliphatic rings. The third kappa shape index (κ3) is 4.75. The van der Waals surface area contributed by atoms with Crippen molar-refractivity contribution in [3.05, 3.63) is 75.8 Å². The maximum atomic E-state index is 13.0. The van der Waals surface area contributed by atoms with Crippen molar-refractivity contribution in [2.45, 2.75) is 46.1 Å². The molecule has 0 N–H and O–H groups in total. The van der Waals surface area contributed by atoms with Gasteiger partial charge in [-0.1, -0.05) is 48.9 Å². The number of aromatic nitrogens is 2. The van der Waals surface area contributed by atoms with E-state index in [0.717, 1.165) is 36.3 Å². The van der Waals surface area contributed by atoms with E-state index < -0.39 is 0 Å². The number of esters is 1. The molecular weight excluding hydrogens is 428 g/mol. The summed E-state index contributed by atoms with van der Waals surface area (Å²) in [4.78, 5) is 17.9. The second kappa shape index (κ2) is 10.1. The lowest BCUT2D eigenvalue weighted by molar-refractivity contribution is 0.0512. The van der Waals surface area contributed by atoms with E-state index in [-0.39, 0.29) is 12.8 Å². The predicted molar refractivity (Wildman–Crippen MR) is 123 cm³/mol. The second-order valence-corrected chi connectivity index (χ2v) is 8.07. The molecule has 4 rings (SSSR count). The number of imidazole rings is 1. The van der Waals surface area contributed by atoms with Crippen LogP contribution in [0.2, 0.25) is 5.02 Å². The van der Waals surface area contributed by atoms with Gasteiger partial charge >= 0.3 is 5.97 Å². The summed E-state index contributed by atoms with van der Waals surface area (Å²) in [7, 11) is 0. The van der Waals surface area contributed by atoms with Crippen molar-refractivity contribution in [3.63, 3.8) is 0 Å². The van der Waals surface area contributed by atoms with Gasteiger partial charge in [0.05, 0.1) is 18.8 Å². The topological polar surface area (TPSA) is 62.6 Å². The summed E-state index contributed by atoms with van der Waals surface area (Å²) in [5, 5.41) is 0.561. The minimum absolute atomic E-state index is 0.180. The highest BCUT2D eigenvalue weighted by Crippen LogP contribution is 2.37. The Morgan fingerprint density at radius 2 is 1.84 bits per heavy atom. The lowest BCUT2D eigenvalue weighted by Gasteiger charge is -2.14. The minimum atomic E-state index is -0.359. The number of fused-ring (bicyclic) bond motifs is 1. The molecule has 0 unspecified atom stereocenters. The van der Waals surface area contributed by atoms with Crippen LogP contribution in [0.1, 0.15) is 53.4 Å². The predicted octanol–water partition coefficient (Wildman–Crippen LogP) is 5.23. The van der Waals surface area contributed by atoms with Crippen molar-refractivity contribution in [2.75, 3.05) is 13.4 Å². The van der Waals surface area contributed by atoms with E-state index in [9.17, 15) is 4.79 Å². The van der Waals surface area contributed by atoms with Crippen LogP contribution in [-0.2, 0) is 30.5 Å². The number of carbonyl (C=O) groups is 1. The molecule has 0 saturated heterocycles. The van der Waals surface area contributed by atoms with Crippen molar-refractivity contribution < 1.29 is 19.0 Å². The third-order valence-corrected chi connectivity index (χ3v) is 5.78. The van der Waals surface area contributed by atoms with Gasteiger partial charge in [0.25, 0.3) is 0 Å². The lowest BCUT2D eigenvalue weighted by Crippen LogP contribution is -2.17. The average Bonchev–Trinajstić information content (AvgIpc) is 3.38. The number of aryl methyl sites for hydroxylation is 3. The van der Waals surface area contributed by atoms with Crippen LogP contribution in [0.4, 0.5) is 0 Å². The molecule has 2 heterocycles. The van der Waals surface area contributed by atoms with Crippen LogP contribution in [0, 0.1) is 0 Å². The van der Waals surface area contributed by atoms with Gasteiger partial charge in [0, 0.05) is 17.5 Å². The molecule has 1 aromatic heterocycles. The number of benzene rings is 2. The van der Waals surface area contributed by atoms with Crippen LogP contribution in [0.3, 0.4) is 0 Å². The number of rotatable bonds is 9. The largest absolute Gasteiger partial charge is 0.461 e. The molecule has 0 atom stereocenters. The Morgan fingerprint density at radius 1 is 1.09 bits per heavy atom. The van der Waals surface area contributed by atoms with Gasteiger partial charge in [-0.15, -0.1) is 0 Å². The van der Waals surface area contributed by atoms with Crippen molar-refractivity contribution in [1.29, 1.82) is 0 Å². The molecular formula is C25H27ClN2O4. The van der Waals surface area contributed by atoms with E-state index in [1.807, 2.05) is 35.8 Å². The van der Waals surface area contributed by atoms with E-state index in [2.05, 4.69) is 19.1 Å². The van der Waals surface area contributed by atoms with Crippen molar-refractivity contribution in [1.82, 2.24) is 9.55 Å². The van der Waals surface area contributed by atoms with Crippen LogP contribution < -0.4 is 9.47 Å². The Morgan fingerprint density at radius 3 is 2.56 bits per heavy atom. The first-order chi connectivity index (χ1) is 15.6. The molecule has 32 heavy (non-hydrogen) atoms. The number of nitrogens with zero attached hydrogens (tertiary/aromatic N) is 2. The summed E-state index contributed by atoms with van der Waals surface area (Å²) in [6.07, 6.45) is 3.10. The van der Waals surface area contributed by atoms with Crippen LogP contribution in [-0.4, -0.2) is 28.9 Å².